The van der Waals surface area contributed by atoms with Crippen molar-refractivity contribution in [3.8, 4) is 0 Å². The van der Waals surface area contributed by atoms with Crippen molar-refractivity contribution < 1.29 is 9.09 Å². The summed E-state index contributed by atoms with van der Waals surface area (Å²) in [6.45, 7) is 6.81. The number of hydrogen-bond acceptors (Lipinski definition) is 3. The quantitative estimate of drug-likeness (QED) is 0.477. The maximum absolute atomic E-state index is 10.6. The van der Waals surface area contributed by atoms with Gasteiger partial charge < -0.3 is 4.90 Å². The van der Waals surface area contributed by atoms with Crippen LogP contribution in [0.3, 0.4) is 0 Å². The third-order valence-electron chi connectivity index (χ3n) is 0.402. The van der Waals surface area contributed by atoms with Gasteiger partial charge in [0.2, 0.25) is 7.37 Å². The maximum Gasteiger partial charge on any atom is 0.200 e. The average molecular weight is 180 g/mol. The van der Waals surface area contributed by atoms with Gasteiger partial charge in [0.05, 0.1) is 6.92 Å². The van der Waals surface area contributed by atoms with Crippen LogP contribution in [-0.2, 0) is 9.09 Å². The van der Waals surface area contributed by atoms with Crippen LogP contribution in [-0.4, -0.2) is 46.0 Å². The molecule has 0 aliphatic carbocycles. The van der Waals surface area contributed by atoms with Crippen LogP contribution in [0.25, 0.3) is 0 Å². The van der Waals surface area contributed by atoms with E-state index in [-0.39, 0.29) is 0 Å². The Balaban J connectivity index is 0. The van der Waals surface area contributed by atoms with E-state index in [1.165, 1.54) is 0 Å². The molecule has 0 rings (SSSR count). The molecule has 11 heavy (non-hydrogen) atoms. The molecule has 0 unspecified atom stereocenters. The van der Waals surface area contributed by atoms with Crippen molar-refractivity contribution in [2.45, 2.75) is 0 Å². The molecule has 0 saturated carbocycles. The summed E-state index contributed by atoms with van der Waals surface area (Å²) in [4.78, 5) is 2.00. The first-order valence-electron chi connectivity index (χ1n) is 3.39. The Morgan fingerprint density at radius 3 is 1.64 bits per heavy atom. The van der Waals surface area contributed by atoms with Crippen LogP contribution in [0.15, 0.2) is 0 Å². The van der Waals surface area contributed by atoms with E-state index in [0.29, 0.717) is 6.61 Å². The van der Waals surface area contributed by atoms with Crippen LogP contribution in [0.1, 0.15) is 0 Å². The lowest BCUT2D eigenvalue weighted by Crippen LogP contribution is -1.99. The number of rotatable bonds is 2. The number of nitrogens with zero attached hydrogens (tertiary/aromatic N) is 1. The zero-order valence-electron chi connectivity index (χ0n) is 8.13. The van der Waals surface area contributed by atoms with Crippen molar-refractivity contribution in [2.75, 3.05) is 41.1 Å². The summed E-state index contributed by atoms with van der Waals surface area (Å²) in [5.41, 5.74) is 0. The van der Waals surface area contributed by atoms with E-state index in [2.05, 4.69) is 11.4 Å². The molecule has 0 spiro atoms. The Labute approximate surface area is 70.2 Å². The van der Waals surface area contributed by atoms with Gasteiger partial charge in [0, 0.05) is 13.3 Å². The van der Waals surface area contributed by atoms with Crippen molar-refractivity contribution in [1.82, 2.24) is 4.90 Å². The molecule has 0 heterocycles. The zero-order valence-corrected chi connectivity index (χ0v) is 9.02. The van der Waals surface area contributed by atoms with E-state index in [1.54, 1.807) is 13.3 Å². The Bertz CT molecular complexity index is 117. The Morgan fingerprint density at radius 1 is 1.36 bits per heavy atom. The maximum atomic E-state index is 10.6. The number of hydrogen-bond donors (Lipinski definition) is 0. The van der Waals surface area contributed by atoms with Crippen molar-refractivity contribution in [2.24, 2.45) is 0 Å². The first-order chi connectivity index (χ1) is 4.79. The van der Waals surface area contributed by atoms with Crippen LogP contribution in [0.5, 0.6) is 0 Å². The molecule has 0 radical (unpaired) electrons. The summed E-state index contributed by atoms with van der Waals surface area (Å²) in [5, 5.41) is 0. The highest BCUT2D eigenvalue weighted by atomic mass is 31.2. The first kappa shape index (κ1) is 13.6. The van der Waals surface area contributed by atoms with Crippen molar-refractivity contribution in [3.05, 3.63) is 6.92 Å². The van der Waals surface area contributed by atoms with Crippen molar-refractivity contribution in [1.29, 1.82) is 0 Å². The highest BCUT2D eigenvalue weighted by molar-refractivity contribution is 7.57. The summed E-state index contributed by atoms with van der Waals surface area (Å²) in [6, 6.07) is 0. The molecule has 0 aromatic carbocycles. The molecule has 3 nitrogen and oxygen atoms in total. The Hall–Kier alpha value is 0.0200. The highest BCUT2D eigenvalue weighted by Crippen LogP contribution is 2.36. The fraction of sp³-hybridized carbons (Fsp3) is 0.857. The van der Waals surface area contributed by atoms with E-state index in [1.807, 2.05) is 26.0 Å². The minimum Gasteiger partial charge on any atom is -0.312 e. The summed E-state index contributed by atoms with van der Waals surface area (Å²) >= 11 is 0. The van der Waals surface area contributed by atoms with Gasteiger partial charge in [0.25, 0.3) is 0 Å². The van der Waals surface area contributed by atoms with Crippen molar-refractivity contribution in [3.63, 3.8) is 0 Å². The fourth-order valence-electron chi connectivity index (χ4n) is 0.220. The smallest absolute Gasteiger partial charge is 0.200 e. The third kappa shape index (κ3) is 39.9. The normalized spacial score (nSPS) is 10.7. The Kier molecular flexibility index (Phi) is 8.30. The predicted molar refractivity (Wildman–Crippen MR) is 50.4 cm³/mol. The minimum absolute atomic E-state index is 0.296. The molecule has 4 heteroatoms. The van der Waals surface area contributed by atoms with E-state index in [9.17, 15) is 4.57 Å². The van der Waals surface area contributed by atoms with Gasteiger partial charge in [-0.15, -0.1) is 0 Å². The first-order valence-corrected chi connectivity index (χ1v) is 5.91. The standard InChI is InChI=1S/C4H10O2P.C3H9N/c1-4-6-7(2,3)5;1-4(2)3/h1,4H2,2-3H3;1-3H3/q+1;. The second-order valence-corrected chi connectivity index (χ2v) is 5.69. The molecule has 68 valence electrons. The van der Waals surface area contributed by atoms with Gasteiger partial charge in [-0.2, -0.15) is 0 Å². The lowest BCUT2D eigenvalue weighted by molar-refractivity contribution is 0.360. The largest absolute Gasteiger partial charge is 0.312 e. The van der Waals surface area contributed by atoms with E-state index >= 15 is 0 Å². The molecule has 0 atom stereocenters. The summed E-state index contributed by atoms with van der Waals surface area (Å²) in [6.07, 6.45) is 0. The second-order valence-electron chi connectivity index (χ2n) is 2.93. The van der Waals surface area contributed by atoms with Crippen LogP contribution < -0.4 is 0 Å². The van der Waals surface area contributed by atoms with Crippen molar-refractivity contribution >= 4 is 7.37 Å². The highest BCUT2D eigenvalue weighted by Gasteiger charge is 2.04. The third-order valence-corrected chi connectivity index (χ3v) is 1.21. The Morgan fingerprint density at radius 2 is 1.64 bits per heavy atom. The van der Waals surface area contributed by atoms with Gasteiger partial charge >= 0.3 is 0 Å². The second kappa shape index (κ2) is 6.71. The molecular formula is C7H19NO2P+. The lowest BCUT2D eigenvalue weighted by Gasteiger charge is -1.99. The van der Waals surface area contributed by atoms with E-state index < -0.39 is 7.37 Å². The molecule has 0 aromatic rings. The molecule has 0 fully saturated rings. The molecule has 0 saturated heterocycles. The van der Waals surface area contributed by atoms with E-state index in [0.717, 1.165) is 0 Å². The molecule has 0 aromatic heterocycles. The summed E-state index contributed by atoms with van der Waals surface area (Å²) in [5.74, 6) is 0. The molecule has 0 aliphatic rings. The predicted octanol–water partition coefficient (Wildman–Crippen LogP) is 1.55. The fourth-order valence-corrected chi connectivity index (χ4v) is 0.660. The molecule has 0 bridgehead atoms. The van der Waals surface area contributed by atoms with Crippen LogP contribution in [0.2, 0.25) is 0 Å². The van der Waals surface area contributed by atoms with Gasteiger partial charge in [-0.05, 0) is 21.1 Å². The van der Waals surface area contributed by atoms with Gasteiger partial charge in [0.15, 0.2) is 6.61 Å². The monoisotopic (exact) mass is 180 g/mol. The van der Waals surface area contributed by atoms with Gasteiger partial charge in [-0.1, -0.05) is 0 Å². The minimum atomic E-state index is -2.23. The average Bonchev–Trinajstić information content (AvgIpc) is 1.58. The van der Waals surface area contributed by atoms with Crippen LogP contribution >= 0.6 is 7.37 Å². The van der Waals surface area contributed by atoms with Crippen LogP contribution in [0.4, 0.5) is 0 Å². The summed E-state index contributed by atoms with van der Waals surface area (Å²) < 4.78 is 15.2. The van der Waals surface area contributed by atoms with Gasteiger partial charge in [0.1, 0.15) is 0 Å². The zero-order chi connectivity index (χ0) is 9.49. The van der Waals surface area contributed by atoms with Gasteiger partial charge in [-0.3, -0.25) is 9.09 Å². The van der Waals surface area contributed by atoms with E-state index in [4.69, 9.17) is 0 Å². The molecule has 0 amide bonds. The van der Waals surface area contributed by atoms with Gasteiger partial charge in [-0.25, -0.2) is 0 Å². The van der Waals surface area contributed by atoms with Crippen LogP contribution in [0, 0.1) is 6.92 Å². The molecular weight excluding hydrogens is 161 g/mol. The molecule has 0 aliphatic heterocycles. The summed E-state index contributed by atoms with van der Waals surface area (Å²) in [7, 11) is 3.77. The topological polar surface area (TPSA) is 29.5 Å². The SMILES string of the molecule is CN(C)C.[CH2+]COP(C)(C)=O. The lowest BCUT2D eigenvalue weighted by atomic mass is 10.9. The molecule has 0 N–H and O–H groups in total.